The van der Waals surface area contributed by atoms with E-state index in [0.717, 1.165) is 0 Å². The van der Waals surface area contributed by atoms with Gasteiger partial charge < -0.3 is 0 Å². The number of halogens is 2. The molecule has 2 atom stereocenters. The van der Waals surface area contributed by atoms with Crippen molar-refractivity contribution in [3.05, 3.63) is 154 Å². The zero-order chi connectivity index (χ0) is 33.6. The molecule has 0 saturated heterocycles. The molecule has 0 amide bonds. The Morgan fingerprint density at radius 2 is 0.896 bits per heavy atom. The van der Waals surface area contributed by atoms with Crippen LogP contribution >= 0.6 is 17.0 Å². The molecule has 0 aromatic heterocycles. The first-order valence-electron chi connectivity index (χ1n) is 17.2. The van der Waals surface area contributed by atoms with Gasteiger partial charge >= 0.3 is 296 Å². The summed E-state index contributed by atoms with van der Waals surface area (Å²) < 4.78 is 0.125. The van der Waals surface area contributed by atoms with Crippen LogP contribution in [0, 0.1) is 13.8 Å². The molecule has 0 spiro atoms. The molecule has 2 aliphatic rings. The molecule has 8 rings (SSSR count). The third-order valence-corrected chi connectivity index (χ3v) is 63.8. The number of hydrogen-bond acceptors (Lipinski definition) is 0. The second kappa shape index (κ2) is 11.5. The minimum atomic E-state index is -4.82. The molecule has 239 valence electrons. The van der Waals surface area contributed by atoms with Gasteiger partial charge in [0.25, 0.3) is 0 Å². The van der Waals surface area contributed by atoms with Crippen molar-refractivity contribution >= 4 is 56.6 Å². The number of benzene rings is 6. The zero-order valence-electron chi connectivity index (χ0n) is 28.5. The second-order valence-electron chi connectivity index (χ2n) is 14.6. The van der Waals surface area contributed by atoms with Crippen molar-refractivity contribution in [3.8, 4) is 22.3 Å². The number of aryl methyl sites for hydroxylation is 2. The normalized spacial score (nSPS) is 18.1. The van der Waals surface area contributed by atoms with Crippen molar-refractivity contribution in [3.63, 3.8) is 0 Å². The van der Waals surface area contributed by atoms with Gasteiger partial charge in [0.2, 0.25) is 0 Å². The Hall–Kier alpha value is -3.00. The van der Waals surface area contributed by atoms with Crippen molar-refractivity contribution in [1.29, 1.82) is 0 Å². The number of fused-ring (bicyclic) bond motifs is 4. The SMILES string of the molecule is CC1=Cc2c(ccc(C)c2-c2cccc3ccccc23)[CH]1[Zr]([Cl])([Cl])([CH]1C(C)=Cc2c1ccc(C)c2-c1cccc2ccccc12)[SiH](C)C. The van der Waals surface area contributed by atoms with E-state index in [2.05, 4.69) is 162 Å². The Bertz CT molecular complexity index is 2210. The van der Waals surface area contributed by atoms with Gasteiger partial charge in [-0.3, -0.25) is 0 Å². The van der Waals surface area contributed by atoms with Crippen LogP contribution in [0.15, 0.2) is 120 Å². The molecule has 0 radical (unpaired) electrons. The van der Waals surface area contributed by atoms with Crippen LogP contribution in [0.3, 0.4) is 0 Å². The van der Waals surface area contributed by atoms with Crippen molar-refractivity contribution in [2.75, 3.05) is 0 Å². The van der Waals surface area contributed by atoms with Gasteiger partial charge in [0.05, 0.1) is 0 Å². The molecule has 0 heterocycles. The standard InChI is InChI=1S/2C21H17.C2H7Si.2ClH.Zr/c2*1-14-12-17-11-10-15(2)21(20(17)13-14)19-9-5-7-16-6-3-4-8-18(16)19;1-3-2;;;/h2*3-13H,1-2H3;3H,1-2H3;2*1H;/q;;;;;+2/p-2. The van der Waals surface area contributed by atoms with Crippen LogP contribution in [-0.2, 0) is 15.6 Å². The van der Waals surface area contributed by atoms with E-state index in [1.54, 1.807) is 0 Å². The molecule has 0 bridgehead atoms. The van der Waals surface area contributed by atoms with Gasteiger partial charge in [-0.05, 0) is 0 Å². The van der Waals surface area contributed by atoms with E-state index >= 15 is 0 Å². The van der Waals surface area contributed by atoms with Gasteiger partial charge in [0.15, 0.2) is 0 Å². The summed E-state index contributed by atoms with van der Waals surface area (Å²) in [5.74, 6) is -1.64. The fourth-order valence-electron chi connectivity index (χ4n) is 9.32. The van der Waals surface area contributed by atoms with Crippen molar-refractivity contribution in [2.45, 2.75) is 48.0 Å². The summed E-state index contributed by atoms with van der Waals surface area (Å²) in [7, 11) is 17.2. The van der Waals surface area contributed by atoms with Gasteiger partial charge in [0, 0.05) is 0 Å². The molecule has 0 saturated carbocycles. The first-order chi connectivity index (χ1) is 23.0. The first kappa shape index (κ1) is 32.2. The molecule has 6 aromatic carbocycles. The first-order valence-corrected chi connectivity index (χ1v) is 33.5. The van der Waals surface area contributed by atoms with E-state index in [0.29, 0.717) is 0 Å². The van der Waals surface area contributed by atoms with Crippen LogP contribution in [-0.4, -0.2) is 5.92 Å². The van der Waals surface area contributed by atoms with Gasteiger partial charge in [-0.15, -0.1) is 0 Å². The second-order valence-corrected chi connectivity index (χ2v) is 57.1. The fraction of sp³-hybridized carbons (Fsp3) is 0.182. The van der Waals surface area contributed by atoms with E-state index < -0.39 is 21.5 Å². The molecular formula is C44H41Cl2SiZr. The summed E-state index contributed by atoms with van der Waals surface area (Å²) in [5, 5.41) is 5.09. The summed E-state index contributed by atoms with van der Waals surface area (Å²) in [6.45, 7) is 14.0. The Labute approximate surface area is 293 Å². The molecule has 2 unspecified atom stereocenters. The summed E-state index contributed by atoms with van der Waals surface area (Å²) in [6, 6.07) is 40.2. The van der Waals surface area contributed by atoms with Gasteiger partial charge in [-0.25, -0.2) is 0 Å². The van der Waals surface area contributed by atoms with Crippen LogP contribution in [0.25, 0.3) is 56.0 Å². The zero-order valence-corrected chi connectivity index (χ0v) is 33.7. The van der Waals surface area contributed by atoms with E-state index in [4.69, 9.17) is 17.0 Å². The summed E-state index contributed by atoms with van der Waals surface area (Å²) in [5.41, 5.74) is 15.7. The summed E-state index contributed by atoms with van der Waals surface area (Å²) >= 11 is -4.82. The Morgan fingerprint density at radius 3 is 1.31 bits per heavy atom. The molecule has 4 heteroatoms. The van der Waals surface area contributed by atoms with Crippen LogP contribution < -0.4 is 0 Å². The predicted octanol–water partition coefficient (Wildman–Crippen LogP) is 13.5. The van der Waals surface area contributed by atoms with Crippen LogP contribution in [0.4, 0.5) is 0 Å². The Balaban J connectivity index is 1.35. The third-order valence-electron chi connectivity index (χ3n) is 11.6. The van der Waals surface area contributed by atoms with Crippen molar-refractivity contribution < 1.29 is 15.6 Å². The maximum atomic E-state index is 8.61. The predicted molar refractivity (Wildman–Crippen MR) is 212 cm³/mol. The molecule has 6 aromatic rings. The molecule has 48 heavy (non-hydrogen) atoms. The van der Waals surface area contributed by atoms with E-state index in [-0.39, 0.29) is 7.25 Å². The maximum absolute atomic E-state index is 8.61. The monoisotopic (exact) mass is 757 g/mol. The minimum absolute atomic E-state index is 0.0624. The molecule has 0 aliphatic heterocycles. The topological polar surface area (TPSA) is 0 Å². The van der Waals surface area contributed by atoms with E-state index in [9.17, 15) is 0 Å². The van der Waals surface area contributed by atoms with Crippen LogP contribution in [0.1, 0.15) is 54.5 Å². The summed E-state index contributed by atoms with van der Waals surface area (Å²) in [4.78, 5) is 0. The number of rotatable bonds is 5. The average molecular weight is 760 g/mol. The quantitative estimate of drug-likeness (QED) is 0.154. The van der Waals surface area contributed by atoms with Crippen molar-refractivity contribution in [2.24, 2.45) is 0 Å². The molecule has 0 fully saturated rings. The Kier molecular flexibility index (Phi) is 7.74. The van der Waals surface area contributed by atoms with Gasteiger partial charge in [-0.2, -0.15) is 0 Å². The summed E-state index contributed by atoms with van der Waals surface area (Å²) in [6.07, 6.45) is 4.87. The fourth-order valence-corrected chi connectivity index (χ4v) is 42.2. The Morgan fingerprint density at radius 1 is 0.500 bits per heavy atom. The number of hydrogen-bond donors (Lipinski definition) is 0. The molecular weight excluding hydrogens is 719 g/mol. The van der Waals surface area contributed by atoms with E-state index in [1.807, 2.05) is 0 Å². The number of allylic oxidation sites excluding steroid dienone is 2. The van der Waals surface area contributed by atoms with Gasteiger partial charge in [-0.1, -0.05) is 0 Å². The van der Waals surface area contributed by atoms with Gasteiger partial charge in [0.1, 0.15) is 0 Å². The van der Waals surface area contributed by atoms with Crippen LogP contribution in [0.2, 0.25) is 13.1 Å². The average Bonchev–Trinajstić information content (AvgIpc) is 3.61. The van der Waals surface area contributed by atoms with Crippen LogP contribution in [0.5, 0.6) is 0 Å². The third kappa shape index (κ3) is 4.56. The molecule has 0 nitrogen and oxygen atoms in total. The molecule has 0 N–H and O–H groups in total. The molecule has 2 aliphatic carbocycles. The van der Waals surface area contributed by atoms with E-state index in [1.165, 1.54) is 88.3 Å². The van der Waals surface area contributed by atoms with Crippen molar-refractivity contribution in [1.82, 2.24) is 0 Å².